The van der Waals surface area contributed by atoms with Gasteiger partial charge in [0.15, 0.2) is 5.78 Å². The van der Waals surface area contributed by atoms with E-state index >= 15 is 0 Å². The van der Waals surface area contributed by atoms with E-state index in [-0.39, 0.29) is 28.6 Å². The van der Waals surface area contributed by atoms with Gasteiger partial charge >= 0.3 is 5.63 Å². The second kappa shape index (κ2) is 5.67. The number of nitrogens with zero attached hydrogens (tertiary/aromatic N) is 1. The van der Waals surface area contributed by atoms with E-state index < -0.39 is 11.0 Å². The van der Waals surface area contributed by atoms with Crippen molar-refractivity contribution in [3.05, 3.63) is 67.4 Å². The second-order valence-corrected chi connectivity index (χ2v) is 8.17. The first-order chi connectivity index (χ1) is 13.4. The van der Waals surface area contributed by atoms with Crippen LogP contribution in [0, 0.1) is 6.92 Å². The third-order valence-electron chi connectivity index (χ3n) is 5.74. The molecule has 3 aliphatic rings. The van der Waals surface area contributed by atoms with Crippen LogP contribution in [0.4, 0.5) is 5.69 Å². The highest BCUT2D eigenvalue weighted by Crippen LogP contribution is 2.57. The molecule has 28 heavy (non-hydrogen) atoms. The van der Waals surface area contributed by atoms with E-state index in [0.29, 0.717) is 46.5 Å². The van der Waals surface area contributed by atoms with Crippen LogP contribution >= 0.6 is 15.9 Å². The Kier molecular flexibility index (Phi) is 3.53. The van der Waals surface area contributed by atoms with E-state index in [1.54, 1.807) is 32.2 Å². The summed E-state index contributed by atoms with van der Waals surface area (Å²) in [6.07, 6.45) is 1.51. The van der Waals surface area contributed by atoms with Crippen LogP contribution in [0.3, 0.4) is 0 Å². The van der Waals surface area contributed by atoms with Crippen LogP contribution in [0.1, 0.15) is 36.1 Å². The molecule has 2 aliphatic heterocycles. The maximum Gasteiger partial charge on any atom is 0.344 e. The number of ketones is 1. The number of rotatable bonds is 0. The van der Waals surface area contributed by atoms with Gasteiger partial charge in [0.1, 0.15) is 28.2 Å². The van der Waals surface area contributed by atoms with Gasteiger partial charge < -0.3 is 14.1 Å². The largest absolute Gasteiger partial charge is 0.460 e. The molecule has 0 bridgehead atoms. The molecular weight excluding hydrogens is 426 g/mol. The number of hydrogen-bond donors (Lipinski definition) is 0. The Morgan fingerprint density at radius 1 is 1.18 bits per heavy atom. The van der Waals surface area contributed by atoms with Crippen molar-refractivity contribution in [1.82, 2.24) is 0 Å². The molecule has 7 heteroatoms. The lowest BCUT2D eigenvalue weighted by atomic mass is 9.65. The van der Waals surface area contributed by atoms with Crippen LogP contribution in [-0.4, -0.2) is 18.7 Å². The van der Waals surface area contributed by atoms with Gasteiger partial charge in [0, 0.05) is 36.0 Å². The number of likely N-dealkylation sites (N-methyl/N-ethyl adjacent to an activating group) is 1. The molecule has 5 rings (SSSR count). The summed E-state index contributed by atoms with van der Waals surface area (Å²) in [6, 6.07) is 7.04. The highest BCUT2D eigenvalue weighted by molar-refractivity contribution is 9.10. The third-order valence-corrected chi connectivity index (χ3v) is 6.38. The van der Waals surface area contributed by atoms with E-state index in [1.807, 2.05) is 6.07 Å². The Morgan fingerprint density at radius 2 is 1.96 bits per heavy atom. The summed E-state index contributed by atoms with van der Waals surface area (Å²) in [7, 11) is 1.65. The van der Waals surface area contributed by atoms with Gasteiger partial charge in [0.2, 0.25) is 5.91 Å². The summed E-state index contributed by atoms with van der Waals surface area (Å²) in [5, 5.41) is 0. The average Bonchev–Trinajstić information content (AvgIpc) is 2.85. The van der Waals surface area contributed by atoms with Gasteiger partial charge in [-0.1, -0.05) is 12.1 Å². The first-order valence-corrected chi connectivity index (χ1v) is 9.83. The van der Waals surface area contributed by atoms with Gasteiger partial charge in [-0.3, -0.25) is 9.59 Å². The minimum Gasteiger partial charge on any atom is -0.460 e. The summed E-state index contributed by atoms with van der Waals surface area (Å²) < 4.78 is 12.1. The molecule has 1 aromatic heterocycles. The summed E-state index contributed by atoms with van der Waals surface area (Å²) in [4.78, 5) is 41.4. The first kappa shape index (κ1) is 17.4. The van der Waals surface area contributed by atoms with Crippen molar-refractivity contribution in [1.29, 1.82) is 0 Å². The van der Waals surface area contributed by atoms with Crippen molar-refractivity contribution >= 4 is 33.3 Å². The van der Waals surface area contributed by atoms with Crippen molar-refractivity contribution in [2.75, 3.05) is 11.9 Å². The zero-order valence-corrected chi connectivity index (χ0v) is 16.9. The standard InChI is InChI=1S/C21H16BrNO5/c1-10-9-15-17(19(25)27-10)21(16-13(24)7-4-8-14(16)28-15)11-5-3-6-12(22)18(11)23(2)20(21)26/h3,5-6,9H,4,7-8H2,1-2H3/t21-/m0/s1. The lowest BCUT2D eigenvalue weighted by Crippen LogP contribution is -2.49. The normalized spacial score (nSPS) is 22.9. The highest BCUT2D eigenvalue weighted by Gasteiger charge is 2.62. The Bertz CT molecular complexity index is 1180. The highest BCUT2D eigenvalue weighted by atomic mass is 79.9. The van der Waals surface area contributed by atoms with Crippen LogP contribution in [0.5, 0.6) is 5.75 Å². The molecular formula is C21H16BrNO5. The van der Waals surface area contributed by atoms with Gasteiger partial charge in [-0.05, 0) is 35.3 Å². The number of Topliss-reactive ketones (excluding diaryl/α,β-unsaturated/α-hetero) is 1. The number of allylic oxidation sites excluding steroid dienone is 1. The number of halogens is 1. The fourth-order valence-electron chi connectivity index (χ4n) is 4.71. The summed E-state index contributed by atoms with van der Waals surface area (Å²) >= 11 is 3.51. The number of aryl methyl sites for hydroxylation is 1. The zero-order valence-electron chi connectivity index (χ0n) is 15.3. The predicted molar refractivity (Wildman–Crippen MR) is 105 cm³/mol. The van der Waals surface area contributed by atoms with Crippen LogP contribution < -0.4 is 15.3 Å². The van der Waals surface area contributed by atoms with Crippen LogP contribution in [-0.2, 0) is 15.0 Å². The smallest absolute Gasteiger partial charge is 0.344 e. The zero-order chi connectivity index (χ0) is 19.8. The summed E-state index contributed by atoms with van der Waals surface area (Å²) in [5.41, 5.74) is -0.600. The molecule has 142 valence electrons. The molecule has 0 N–H and O–H groups in total. The number of para-hydroxylation sites is 1. The second-order valence-electron chi connectivity index (χ2n) is 7.31. The van der Waals surface area contributed by atoms with Gasteiger partial charge in [0.25, 0.3) is 0 Å². The van der Waals surface area contributed by atoms with Crippen molar-refractivity contribution in [3.8, 4) is 5.75 Å². The molecule has 1 aliphatic carbocycles. The maximum absolute atomic E-state index is 13.8. The average molecular weight is 442 g/mol. The fraction of sp³-hybridized carbons (Fsp3) is 0.286. The number of amides is 1. The summed E-state index contributed by atoms with van der Waals surface area (Å²) in [6.45, 7) is 1.65. The SMILES string of the molecule is Cc1cc2c(c(=O)o1)[C@@]1(C(=O)N(C)c3c(Br)cccc31)C1=C(CCCC1=O)O2. The Labute approximate surface area is 168 Å². The quantitative estimate of drug-likeness (QED) is 0.626. The lowest BCUT2D eigenvalue weighted by Gasteiger charge is -2.38. The van der Waals surface area contributed by atoms with Crippen molar-refractivity contribution in [2.24, 2.45) is 0 Å². The molecule has 2 aromatic rings. The molecule has 0 fully saturated rings. The number of hydrogen-bond acceptors (Lipinski definition) is 5. The van der Waals surface area contributed by atoms with Gasteiger partial charge in [-0.15, -0.1) is 0 Å². The number of fused-ring (bicyclic) bond motifs is 5. The molecule has 0 radical (unpaired) electrons. The fourth-order valence-corrected chi connectivity index (χ4v) is 5.34. The predicted octanol–water partition coefficient (Wildman–Crippen LogP) is 3.37. The molecule has 0 saturated carbocycles. The van der Waals surface area contributed by atoms with E-state index in [0.717, 1.165) is 0 Å². The van der Waals surface area contributed by atoms with Gasteiger partial charge in [-0.2, -0.15) is 0 Å². The molecule has 0 unspecified atom stereocenters. The van der Waals surface area contributed by atoms with E-state index in [2.05, 4.69) is 15.9 Å². The third kappa shape index (κ3) is 1.95. The minimum atomic E-state index is -1.54. The number of carbonyl (C=O) groups is 2. The molecule has 3 heterocycles. The molecule has 1 aromatic carbocycles. The molecule has 6 nitrogen and oxygen atoms in total. The lowest BCUT2D eigenvalue weighted by molar-refractivity contribution is -0.124. The number of anilines is 1. The maximum atomic E-state index is 13.8. The molecule has 1 spiro atoms. The number of ether oxygens (including phenoxy) is 1. The van der Waals surface area contributed by atoms with Crippen molar-refractivity contribution in [2.45, 2.75) is 31.6 Å². The summed E-state index contributed by atoms with van der Waals surface area (Å²) in [5.74, 6) is 0.637. The van der Waals surface area contributed by atoms with Crippen molar-refractivity contribution in [3.63, 3.8) is 0 Å². The van der Waals surface area contributed by atoms with Crippen LogP contribution in [0.15, 0.2) is 49.3 Å². The Balaban J connectivity index is 2.00. The van der Waals surface area contributed by atoms with E-state index in [4.69, 9.17) is 9.15 Å². The molecule has 1 atom stereocenters. The van der Waals surface area contributed by atoms with Crippen LogP contribution in [0.2, 0.25) is 0 Å². The topological polar surface area (TPSA) is 76.8 Å². The van der Waals surface area contributed by atoms with Crippen molar-refractivity contribution < 1.29 is 18.7 Å². The van der Waals surface area contributed by atoms with Gasteiger partial charge in [-0.25, -0.2) is 4.79 Å². The van der Waals surface area contributed by atoms with Gasteiger partial charge in [0.05, 0.1) is 11.3 Å². The molecule has 0 saturated heterocycles. The minimum absolute atomic E-state index is 0.0841. The number of benzene rings is 1. The first-order valence-electron chi connectivity index (χ1n) is 9.04. The Morgan fingerprint density at radius 3 is 2.75 bits per heavy atom. The van der Waals surface area contributed by atoms with E-state index in [9.17, 15) is 14.4 Å². The molecule has 1 amide bonds. The monoisotopic (exact) mass is 441 g/mol. The number of carbonyl (C=O) groups excluding carboxylic acids is 2. The van der Waals surface area contributed by atoms with Crippen LogP contribution in [0.25, 0.3) is 0 Å². The van der Waals surface area contributed by atoms with E-state index in [1.165, 1.54) is 4.90 Å². The Hall–Kier alpha value is -2.67.